The predicted octanol–water partition coefficient (Wildman–Crippen LogP) is 1.84. The molecule has 0 spiro atoms. The van der Waals surface area contributed by atoms with Gasteiger partial charge in [0.1, 0.15) is 11.1 Å². The number of hydrogen-bond donors (Lipinski definition) is 0. The van der Waals surface area contributed by atoms with Crippen molar-refractivity contribution in [2.45, 2.75) is 11.4 Å². The minimum atomic E-state index is -3.68. The number of nitrogens with zero attached hydrogens (tertiary/aromatic N) is 3. The van der Waals surface area contributed by atoms with E-state index in [4.69, 9.17) is 5.26 Å². The summed E-state index contributed by atoms with van der Waals surface area (Å²) < 4.78 is 26.0. The maximum absolute atomic E-state index is 12.4. The van der Waals surface area contributed by atoms with Crippen molar-refractivity contribution < 1.29 is 8.42 Å². The normalized spacial score (nSPS) is 11.4. The van der Waals surface area contributed by atoms with Crippen molar-refractivity contribution in [3.63, 3.8) is 0 Å². The molecule has 0 bridgehead atoms. The first-order chi connectivity index (χ1) is 9.05. The quantitative estimate of drug-likeness (QED) is 0.862. The van der Waals surface area contributed by atoms with Crippen molar-refractivity contribution in [3.8, 4) is 6.07 Å². The van der Waals surface area contributed by atoms with Gasteiger partial charge in [-0.15, -0.1) is 11.3 Å². The molecular formula is C12H11N3O2S2. The molecule has 98 valence electrons. The van der Waals surface area contributed by atoms with E-state index in [1.54, 1.807) is 23.7 Å². The smallest absolute Gasteiger partial charge is 0.244 e. The third-order valence-electron chi connectivity index (χ3n) is 2.54. The van der Waals surface area contributed by atoms with Gasteiger partial charge in [-0.05, 0) is 12.1 Å². The monoisotopic (exact) mass is 293 g/mol. The molecule has 0 fully saturated rings. The Morgan fingerprint density at radius 3 is 2.79 bits per heavy atom. The molecule has 0 N–H and O–H groups in total. The third kappa shape index (κ3) is 2.81. The Morgan fingerprint density at radius 2 is 2.16 bits per heavy atom. The van der Waals surface area contributed by atoms with Gasteiger partial charge < -0.3 is 0 Å². The fourth-order valence-electron chi connectivity index (χ4n) is 1.56. The van der Waals surface area contributed by atoms with Crippen LogP contribution >= 0.6 is 11.3 Å². The van der Waals surface area contributed by atoms with Crippen LogP contribution in [0.25, 0.3) is 0 Å². The average molecular weight is 293 g/mol. The van der Waals surface area contributed by atoms with Gasteiger partial charge in [0, 0.05) is 18.6 Å². The van der Waals surface area contributed by atoms with Gasteiger partial charge >= 0.3 is 0 Å². The largest absolute Gasteiger partial charge is 0.248 e. The minimum absolute atomic E-state index is 0.0246. The predicted molar refractivity (Wildman–Crippen MR) is 71.9 cm³/mol. The topological polar surface area (TPSA) is 74.1 Å². The lowest BCUT2D eigenvalue weighted by Gasteiger charge is -2.16. The van der Waals surface area contributed by atoms with Gasteiger partial charge in [-0.25, -0.2) is 13.4 Å². The number of nitriles is 1. The number of hydrogen-bond acceptors (Lipinski definition) is 5. The molecule has 0 saturated carbocycles. The highest BCUT2D eigenvalue weighted by Crippen LogP contribution is 2.20. The average Bonchev–Trinajstić information content (AvgIpc) is 2.91. The summed E-state index contributed by atoms with van der Waals surface area (Å²) in [4.78, 5) is 4.08. The van der Waals surface area contributed by atoms with E-state index in [0.717, 1.165) is 0 Å². The number of sulfonamides is 1. The summed E-state index contributed by atoms with van der Waals surface area (Å²) in [7, 11) is -2.20. The van der Waals surface area contributed by atoms with E-state index in [0.29, 0.717) is 5.01 Å². The van der Waals surface area contributed by atoms with Crippen LogP contribution in [-0.2, 0) is 16.6 Å². The molecule has 1 heterocycles. The Morgan fingerprint density at radius 1 is 1.42 bits per heavy atom. The molecule has 0 aliphatic heterocycles. The minimum Gasteiger partial charge on any atom is -0.248 e. The maximum atomic E-state index is 12.4. The first-order valence-corrected chi connectivity index (χ1v) is 7.71. The van der Waals surface area contributed by atoms with Crippen molar-refractivity contribution in [3.05, 3.63) is 46.4 Å². The molecule has 0 radical (unpaired) electrons. The molecule has 0 aliphatic carbocycles. The third-order valence-corrected chi connectivity index (χ3v) is 5.16. The lowest BCUT2D eigenvalue weighted by atomic mass is 10.2. The molecule has 0 saturated heterocycles. The van der Waals surface area contributed by atoms with Crippen LogP contribution in [0.1, 0.15) is 10.6 Å². The van der Waals surface area contributed by atoms with Crippen LogP contribution in [0.5, 0.6) is 0 Å². The highest BCUT2D eigenvalue weighted by Gasteiger charge is 2.24. The molecule has 0 aliphatic rings. The fraction of sp³-hybridized carbons (Fsp3) is 0.167. The number of thiazole rings is 1. The van der Waals surface area contributed by atoms with Gasteiger partial charge in [-0.1, -0.05) is 12.1 Å². The van der Waals surface area contributed by atoms with E-state index in [1.165, 1.54) is 34.8 Å². The van der Waals surface area contributed by atoms with E-state index < -0.39 is 10.0 Å². The van der Waals surface area contributed by atoms with Crippen molar-refractivity contribution >= 4 is 21.4 Å². The summed E-state index contributed by atoms with van der Waals surface area (Å²) in [6, 6.07) is 8.06. The first kappa shape index (κ1) is 13.7. The summed E-state index contributed by atoms with van der Waals surface area (Å²) in [5.74, 6) is 0. The Bertz CT molecular complexity index is 703. The molecule has 5 nitrogen and oxygen atoms in total. The molecule has 0 amide bonds. The lowest BCUT2D eigenvalue weighted by Crippen LogP contribution is -2.27. The zero-order valence-corrected chi connectivity index (χ0v) is 11.8. The highest BCUT2D eigenvalue weighted by molar-refractivity contribution is 7.89. The molecule has 0 atom stereocenters. The van der Waals surface area contributed by atoms with Crippen molar-refractivity contribution in [2.24, 2.45) is 0 Å². The second kappa shape index (κ2) is 5.48. The van der Waals surface area contributed by atoms with Gasteiger partial charge in [0.15, 0.2) is 0 Å². The van der Waals surface area contributed by atoms with Crippen LogP contribution in [0.15, 0.2) is 40.7 Å². The second-order valence-electron chi connectivity index (χ2n) is 3.79. The zero-order valence-electron chi connectivity index (χ0n) is 10.1. The Balaban J connectivity index is 2.34. The highest BCUT2D eigenvalue weighted by atomic mass is 32.2. The molecule has 2 rings (SSSR count). The van der Waals surface area contributed by atoms with Crippen LogP contribution in [0, 0.1) is 11.3 Å². The molecule has 1 aromatic carbocycles. The lowest BCUT2D eigenvalue weighted by molar-refractivity contribution is 0.465. The van der Waals surface area contributed by atoms with Gasteiger partial charge in [-0.3, -0.25) is 0 Å². The van der Waals surface area contributed by atoms with E-state index in [1.807, 2.05) is 6.07 Å². The molecule has 0 unspecified atom stereocenters. The second-order valence-corrected chi connectivity index (χ2v) is 6.79. The Hall–Kier alpha value is -1.75. The molecule has 7 heteroatoms. The van der Waals surface area contributed by atoms with Gasteiger partial charge in [0.2, 0.25) is 10.0 Å². The van der Waals surface area contributed by atoms with E-state index >= 15 is 0 Å². The summed E-state index contributed by atoms with van der Waals surface area (Å²) in [6.07, 6.45) is 1.63. The van der Waals surface area contributed by atoms with Gasteiger partial charge in [0.25, 0.3) is 0 Å². The summed E-state index contributed by atoms with van der Waals surface area (Å²) in [5.41, 5.74) is 0.147. The molecular weight excluding hydrogens is 282 g/mol. The zero-order chi connectivity index (χ0) is 13.9. The van der Waals surface area contributed by atoms with E-state index in [2.05, 4.69) is 4.98 Å². The SMILES string of the molecule is CN(Cc1nccs1)S(=O)(=O)c1ccccc1C#N. The molecule has 2 aromatic rings. The van der Waals surface area contributed by atoms with Crippen LogP contribution in [-0.4, -0.2) is 24.8 Å². The van der Waals surface area contributed by atoms with Crippen LogP contribution in [0.4, 0.5) is 0 Å². The first-order valence-electron chi connectivity index (χ1n) is 5.39. The van der Waals surface area contributed by atoms with Gasteiger partial charge in [-0.2, -0.15) is 9.57 Å². The van der Waals surface area contributed by atoms with Crippen molar-refractivity contribution in [2.75, 3.05) is 7.05 Å². The van der Waals surface area contributed by atoms with Crippen LogP contribution < -0.4 is 0 Å². The summed E-state index contributed by atoms with van der Waals surface area (Å²) in [6.45, 7) is 0.194. The molecule has 19 heavy (non-hydrogen) atoms. The number of benzene rings is 1. The summed E-state index contributed by atoms with van der Waals surface area (Å²) >= 11 is 1.39. The number of aromatic nitrogens is 1. The van der Waals surface area contributed by atoms with Crippen LogP contribution in [0.2, 0.25) is 0 Å². The van der Waals surface area contributed by atoms with Crippen LogP contribution in [0.3, 0.4) is 0 Å². The van der Waals surface area contributed by atoms with E-state index in [-0.39, 0.29) is 17.0 Å². The number of rotatable bonds is 4. The standard InChI is InChI=1S/C12H11N3O2S2/c1-15(9-12-14-6-7-18-12)19(16,17)11-5-3-2-4-10(11)8-13/h2-7H,9H2,1H3. The molecule has 1 aromatic heterocycles. The van der Waals surface area contributed by atoms with Gasteiger partial charge in [0.05, 0.1) is 17.0 Å². The fourth-order valence-corrected chi connectivity index (χ4v) is 3.58. The summed E-state index contributed by atoms with van der Waals surface area (Å²) in [5, 5.41) is 11.5. The van der Waals surface area contributed by atoms with Crippen molar-refractivity contribution in [1.82, 2.24) is 9.29 Å². The Kier molecular flexibility index (Phi) is 3.95. The maximum Gasteiger partial charge on any atom is 0.244 e. The van der Waals surface area contributed by atoms with Crippen molar-refractivity contribution in [1.29, 1.82) is 5.26 Å². The van der Waals surface area contributed by atoms with E-state index in [9.17, 15) is 8.42 Å². The Labute approximate surface area is 115 Å².